The molecular formula is C16H28N6. The fraction of sp³-hybridized carbons (Fsp3) is 0.875. The van der Waals surface area contributed by atoms with E-state index in [9.17, 15) is 0 Å². The van der Waals surface area contributed by atoms with Gasteiger partial charge in [0.25, 0.3) is 0 Å². The fourth-order valence-corrected chi connectivity index (χ4v) is 3.79. The third-order valence-corrected chi connectivity index (χ3v) is 5.52. The van der Waals surface area contributed by atoms with Gasteiger partial charge in [-0.05, 0) is 32.2 Å². The van der Waals surface area contributed by atoms with Crippen molar-refractivity contribution < 1.29 is 0 Å². The Kier molecular flexibility index (Phi) is 3.92. The normalized spacial score (nSPS) is 30.5. The highest BCUT2D eigenvalue weighted by atomic mass is 15.3. The van der Waals surface area contributed by atoms with Crippen molar-refractivity contribution in [1.29, 1.82) is 0 Å². The van der Waals surface area contributed by atoms with Gasteiger partial charge in [-0.25, -0.2) is 0 Å². The van der Waals surface area contributed by atoms with Crippen LogP contribution < -0.4 is 5.73 Å². The zero-order chi connectivity index (χ0) is 15.1. The Morgan fingerprint density at radius 3 is 2.32 bits per heavy atom. The molecule has 2 aliphatic carbocycles. The molecule has 3 aliphatic rings. The van der Waals surface area contributed by atoms with Crippen LogP contribution in [0.5, 0.6) is 0 Å². The summed E-state index contributed by atoms with van der Waals surface area (Å²) >= 11 is 0. The van der Waals surface area contributed by atoms with Crippen molar-refractivity contribution in [3.05, 3.63) is 11.6 Å². The Morgan fingerprint density at radius 2 is 1.73 bits per heavy atom. The molecule has 0 amide bonds. The third kappa shape index (κ3) is 2.79. The lowest BCUT2D eigenvalue weighted by atomic mass is 9.80. The number of likely N-dealkylation sites (N-methyl/N-ethyl adjacent to an activating group) is 1. The molecule has 2 heterocycles. The average molecular weight is 304 g/mol. The summed E-state index contributed by atoms with van der Waals surface area (Å²) in [6.45, 7) is 9.02. The molecule has 0 atom stereocenters. The maximum Gasteiger partial charge on any atom is 0.147 e. The minimum Gasteiger partial charge on any atom is -0.328 e. The Hall–Kier alpha value is -0.980. The maximum atomic E-state index is 5.96. The van der Waals surface area contributed by atoms with E-state index in [1.807, 2.05) is 0 Å². The topological polar surface area (TPSA) is 63.2 Å². The number of aromatic nitrogens is 3. The number of piperazine rings is 1. The number of hydrogen-bond acceptors (Lipinski definition) is 5. The molecule has 1 aliphatic heterocycles. The first-order chi connectivity index (χ1) is 10.7. The van der Waals surface area contributed by atoms with Gasteiger partial charge in [0.15, 0.2) is 0 Å². The van der Waals surface area contributed by atoms with E-state index in [1.165, 1.54) is 37.6 Å². The molecule has 22 heavy (non-hydrogen) atoms. The molecule has 3 fully saturated rings. The summed E-state index contributed by atoms with van der Waals surface area (Å²) in [5.74, 6) is 2.95. The van der Waals surface area contributed by atoms with Gasteiger partial charge in [0, 0.05) is 44.2 Å². The second-order valence-electron chi connectivity index (χ2n) is 7.21. The van der Waals surface area contributed by atoms with Gasteiger partial charge < -0.3 is 15.2 Å². The second kappa shape index (κ2) is 5.91. The first-order valence-corrected chi connectivity index (χ1v) is 8.88. The lowest BCUT2D eigenvalue weighted by Crippen LogP contribution is -2.46. The molecule has 6 heteroatoms. The van der Waals surface area contributed by atoms with E-state index in [0.29, 0.717) is 18.0 Å². The van der Waals surface area contributed by atoms with Crippen molar-refractivity contribution in [3.8, 4) is 0 Å². The van der Waals surface area contributed by atoms with Crippen molar-refractivity contribution in [1.82, 2.24) is 24.6 Å². The highest BCUT2D eigenvalue weighted by Gasteiger charge is 2.37. The van der Waals surface area contributed by atoms with Crippen LogP contribution in [-0.4, -0.2) is 63.3 Å². The van der Waals surface area contributed by atoms with Crippen LogP contribution in [-0.2, 0) is 6.54 Å². The fourth-order valence-electron chi connectivity index (χ4n) is 3.79. The van der Waals surface area contributed by atoms with Crippen LogP contribution in [0.15, 0.2) is 0 Å². The number of nitrogens with two attached hydrogens (primary N) is 1. The van der Waals surface area contributed by atoms with E-state index in [0.717, 1.165) is 39.0 Å². The quantitative estimate of drug-likeness (QED) is 0.878. The SMILES string of the molecule is CCN1CCN(Cc2nnc(C3CC(N)C3)n2C2CC2)CC1. The summed E-state index contributed by atoms with van der Waals surface area (Å²) in [5.41, 5.74) is 5.96. The van der Waals surface area contributed by atoms with Crippen molar-refractivity contribution in [2.45, 2.75) is 57.2 Å². The maximum absolute atomic E-state index is 5.96. The van der Waals surface area contributed by atoms with Crippen molar-refractivity contribution in [2.24, 2.45) is 5.73 Å². The predicted octanol–water partition coefficient (Wildman–Crippen LogP) is 0.955. The number of nitrogens with zero attached hydrogens (tertiary/aromatic N) is 5. The summed E-state index contributed by atoms with van der Waals surface area (Å²) in [7, 11) is 0. The van der Waals surface area contributed by atoms with Crippen molar-refractivity contribution >= 4 is 0 Å². The summed E-state index contributed by atoms with van der Waals surface area (Å²) in [4.78, 5) is 5.05. The van der Waals surface area contributed by atoms with Gasteiger partial charge in [-0.15, -0.1) is 10.2 Å². The largest absolute Gasteiger partial charge is 0.328 e. The average Bonchev–Trinajstić information content (AvgIpc) is 3.26. The minimum absolute atomic E-state index is 0.375. The zero-order valence-corrected chi connectivity index (χ0v) is 13.6. The van der Waals surface area contributed by atoms with Crippen LogP contribution in [0.25, 0.3) is 0 Å². The van der Waals surface area contributed by atoms with E-state index >= 15 is 0 Å². The molecule has 0 radical (unpaired) electrons. The van der Waals surface area contributed by atoms with Gasteiger partial charge in [-0.1, -0.05) is 6.92 Å². The highest BCUT2D eigenvalue weighted by Crippen LogP contribution is 2.42. The molecule has 1 aromatic rings. The zero-order valence-electron chi connectivity index (χ0n) is 13.6. The Morgan fingerprint density at radius 1 is 1.05 bits per heavy atom. The van der Waals surface area contributed by atoms with Crippen LogP contribution >= 0.6 is 0 Å². The highest BCUT2D eigenvalue weighted by molar-refractivity contribution is 5.12. The first-order valence-electron chi connectivity index (χ1n) is 8.88. The smallest absolute Gasteiger partial charge is 0.147 e. The van der Waals surface area contributed by atoms with E-state index in [4.69, 9.17) is 5.73 Å². The summed E-state index contributed by atoms with van der Waals surface area (Å²) in [6.07, 6.45) is 4.75. The first kappa shape index (κ1) is 14.6. The van der Waals surface area contributed by atoms with Crippen LogP contribution in [0.1, 0.15) is 56.2 Å². The van der Waals surface area contributed by atoms with E-state index in [-0.39, 0.29) is 0 Å². The minimum atomic E-state index is 0.375. The van der Waals surface area contributed by atoms with Gasteiger partial charge in [0.1, 0.15) is 11.6 Å². The summed E-state index contributed by atoms with van der Waals surface area (Å²) in [6, 6.07) is 1.04. The monoisotopic (exact) mass is 304 g/mol. The molecule has 0 unspecified atom stereocenters. The van der Waals surface area contributed by atoms with Gasteiger partial charge in [0.05, 0.1) is 6.54 Å². The van der Waals surface area contributed by atoms with E-state index in [2.05, 4.69) is 31.5 Å². The van der Waals surface area contributed by atoms with E-state index in [1.54, 1.807) is 0 Å². The molecule has 2 saturated carbocycles. The molecule has 122 valence electrons. The van der Waals surface area contributed by atoms with Crippen LogP contribution in [0.2, 0.25) is 0 Å². The molecule has 2 N–H and O–H groups in total. The predicted molar refractivity (Wildman–Crippen MR) is 85.6 cm³/mol. The molecule has 0 spiro atoms. The summed E-state index contributed by atoms with van der Waals surface area (Å²) in [5, 5.41) is 9.11. The molecule has 1 aromatic heterocycles. The Bertz CT molecular complexity index is 509. The molecule has 0 bridgehead atoms. The lowest BCUT2D eigenvalue weighted by Gasteiger charge is -2.34. The van der Waals surface area contributed by atoms with Gasteiger partial charge in [-0.2, -0.15) is 0 Å². The lowest BCUT2D eigenvalue weighted by molar-refractivity contribution is 0.128. The van der Waals surface area contributed by atoms with Crippen molar-refractivity contribution in [3.63, 3.8) is 0 Å². The van der Waals surface area contributed by atoms with Crippen molar-refractivity contribution in [2.75, 3.05) is 32.7 Å². The Labute approximate surface area is 132 Å². The molecular weight excluding hydrogens is 276 g/mol. The molecule has 0 aromatic carbocycles. The van der Waals surface area contributed by atoms with Gasteiger partial charge in [0.2, 0.25) is 0 Å². The van der Waals surface area contributed by atoms with E-state index < -0.39 is 0 Å². The van der Waals surface area contributed by atoms with Crippen LogP contribution in [0, 0.1) is 0 Å². The van der Waals surface area contributed by atoms with Crippen LogP contribution in [0.3, 0.4) is 0 Å². The standard InChI is InChI=1S/C16H28N6/c1-2-20-5-7-21(8-6-20)11-15-18-19-16(12-9-13(17)10-12)22(15)14-3-4-14/h12-14H,2-11,17H2,1H3. The number of hydrogen-bond donors (Lipinski definition) is 1. The van der Waals surface area contributed by atoms with Crippen LogP contribution in [0.4, 0.5) is 0 Å². The molecule has 1 saturated heterocycles. The van der Waals surface area contributed by atoms with Gasteiger partial charge >= 0.3 is 0 Å². The Balaban J connectivity index is 1.45. The molecule has 6 nitrogen and oxygen atoms in total. The van der Waals surface area contributed by atoms with Gasteiger partial charge in [-0.3, -0.25) is 4.90 Å². The third-order valence-electron chi connectivity index (χ3n) is 5.52. The molecule has 4 rings (SSSR count). The second-order valence-corrected chi connectivity index (χ2v) is 7.21. The number of rotatable bonds is 5. The summed E-state index contributed by atoms with van der Waals surface area (Å²) < 4.78 is 2.46.